The average Bonchev–Trinajstić information content (AvgIpc) is 3.22. The van der Waals surface area contributed by atoms with Gasteiger partial charge in [-0.2, -0.15) is 0 Å². The quantitative estimate of drug-likeness (QED) is 0.612. The summed E-state index contributed by atoms with van der Waals surface area (Å²) in [6, 6.07) is 7.44. The van der Waals surface area contributed by atoms with Gasteiger partial charge in [-0.15, -0.1) is 0 Å². The van der Waals surface area contributed by atoms with Gasteiger partial charge in [0, 0.05) is 30.7 Å². The average molecular weight is 290 g/mol. The number of amides is 3. The number of nitrogens with one attached hydrogen (secondary N) is 3. The highest BCUT2D eigenvalue weighted by Gasteiger charge is 2.22. The lowest BCUT2D eigenvalue weighted by atomic mass is 10.1. The second-order valence-corrected chi connectivity index (χ2v) is 5.38. The Hall–Kier alpha value is -2.08. The first kappa shape index (κ1) is 15.3. The Bertz CT molecular complexity index is 497. The van der Waals surface area contributed by atoms with Gasteiger partial charge in [-0.3, -0.25) is 4.79 Å². The van der Waals surface area contributed by atoms with Gasteiger partial charge in [0.1, 0.15) is 0 Å². The highest BCUT2D eigenvalue weighted by molar-refractivity contribution is 5.87. The summed E-state index contributed by atoms with van der Waals surface area (Å²) < 4.78 is 0. The predicted octanol–water partition coefficient (Wildman–Crippen LogP) is 1.50. The van der Waals surface area contributed by atoms with E-state index in [2.05, 4.69) is 16.0 Å². The molecule has 3 amide bonds. The monoisotopic (exact) mass is 290 g/mol. The minimum Gasteiger partial charge on any atom is -0.353 e. The maximum Gasteiger partial charge on any atom is 0.316 e. The summed E-state index contributed by atoms with van der Waals surface area (Å²) >= 11 is 0. The lowest BCUT2D eigenvalue weighted by Crippen LogP contribution is -2.30. The van der Waals surface area contributed by atoms with Crippen LogP contribution < -0.4 is 21.7 Å². The van der Waals surface area contributed by atoms with Gasteiger partial charge in [-0.1, -0.05) is 12.1 Å². The Morgan fingerprint density at radius 3 is 2.52 bits per heavy atom. The van der Waals surface area contributed by atoms with Crippen molar-refractivity contribution in [2.45, 2.75) is 38.3 Å². The van der Waals surface area contributed by atoms with Crippen molar-refractivity contribution in [3.05, 3.63) is 29.8 Å². The largest absolute Gasteiger partial charge is 0.353 e. The first-order chi connectivity index (χ1) is 10.0. The SMILES string of the molecule is CC(NCCC(=O)NC1CC1)c1ccc(NC(N)=O)cc1. The van der Waals surface area contributed by atoms with Gasteiger partial charge < -0.3 is 21.7 Å². The molecule has 1 aromatic carbocycles. The van der Waals surface area contributed by atoms with E-state index < -0.39 is 6.03 Å². The molecule has 0 heterocycles. The van der Waals surface area contributed by atoms with Crippen molar-refractivity contribution in [1.29, 1.82) is 0 Å². The van der Waals surface area contributed by atoms with Crippen molar-refractivity contribution in [3.63, 3.8) is 0 Å². The number of benzene rings is 1. The Morgan fingerprint density at radius 1 is 1.29 bits per heavy atom. The molecule has 1 unspecified atom stereocenters. The van der Waals surface area contributed by atoms with Crippen molar-refractivity contribution in [2.24, 2.45) is 5.73 Å². The summed E-state index contributed by atoms with van der Waals surface area (Å²) in [5.74, 6) is 0.109. The van der Waals surface area contributed by atoms with Crippen LogP contribution in [0.25, 0.3) is 0 Å². The van der Waals surface area contributed by atoms with Crippen LogP contribution in [0.3, 0.4) is 0 Å². The highest BCUT2D eigenvalue weighted by atomic mass is 16.2. The Morgan fingerprint density at radius 2 is 1.95 bits per heavy atom. The predicted molar refractivity (Wildman–Crippen MR) is 81.8 cm³/mol. The summed E-state index contributed by atoms with van der Waals surface area (Å²) in [7, 11) is 0. The molecule has 0 spiro atoms. The topological polar surface area (TPSA) is 96.2 Å². The summed E-state index contributed by atoms with van der Waals surface area (Å²) in [6.07, 6.45) is 2.71. The smallest absolute Gasteiger partial charge is 0.316 e. The number of carbonyl (C=O) groups is 2. The number of carbonyl (C=O) groups excluding carboxylic acids is 2. The van der Waals surface area contributed by atoms with E-state index in [1.807, 2.05) is 19.1 Å². The normalized spacial score (nSPS) is 15.3. The number of hydrogen-bond donors (Lipinski definition) is 4. The minimum atomic E-state index is -0.574. The molecule has 114 valence electrons. The van der Waals surface area contributed by atoms with Gasteiger partial charge in [0.05, 0.1) is 0 Å². The fourth-order valence-corrected chi connectivity index (χ4v) is 2.04. The number of hydrogen-bond acceptors (Lipinski definition) is 3. The molecule has 1 fully saturated rings. The minimum absolute atomic E-state index is 0.109. The van der Waals surface area contributed by atoms with Crippen LogP contribution in [-0.4, -0.2) is 24.5 Å². The molecule has 1 aliphatic rings. The van der Waals surface area contributed by atoms with E-state index in [-0.39, 0.29) is 11.9 Å². The van der Waals surface area contributed by atoms with Gasteiger partial charge in [0.2, 0.25) is 5.91 Å². The number of nitrogens with two attached hydrogens (primary N) is 1. The second-order valence-electron chi connectivity index (χ2n) is 5.38. The molecule has 0 saturated heterocycles. The van der Waals surface area contributed by atoms with Gasteiger partial charge >= 0.3 is 6.03 Å². The van der Waals surface area contributed by atoms with Crippen LogP contribution in [0.5, 0.6) is 0 Å². The third kappa shape index (κ3) is 5.43. The molecule has 2 rings (SSSR count). The van der Waals surface area contributed by atoms with E-state index in [4.69, 9.17) is 5.73 Å². The standard InChI is InChI=1S/C15H22N4O2/c1-10(17-9-8-14(20)18-12-6-7-12)11-2-4-13(5-3-11)19-15(16)21/h2-5,10,12,17H,6-9H2,1H3,(H,18,20)(H3,16,19,21). The first-order valence-electron chi connectivity index (χ1n) is 7.24. The zero-order valence-electron chi connectivity index (χ0n) is 12.2. The maximum absolute atomic E-state index is 11.6. The Kier molecular flexibility index (Phi) is 5.16. The van der Waals surface area contributed by atoms with E-state index >= 15 is 0 Å². The third-order valence-electron chi connectivity index (χ3n) is 3.42. The van der Waals surface area contributed by atoms with E-state index in [0.717, 1.165) is 18.4 Å². The summed E-state index contributed by atoms with van der Waals surface area (Å²) in [6.45, 7) is 2.68. The van der Waals surface area contributed by atoms with Crippen molar-refractivity contribution in [1.82, 2.24) is 10.6 Å². The molecular formula is C15H22N4O2. The molecule has 0 aromatic heterocycles. The summed E-state index contributed by atoms with van der Waals surface area (Å²) in [5, 5.41) is 8.79. The van der Waals surface area contributed by atoms with Crippen LogP contribution in [0.4, 0.5) is 10.5 Å². The van der Waals surface area contributed by atoms with Crippen molar-refractivity contribution >= 4 is 17.6 Å². The third-order valence-corrected chi connectivity index (χ3v) is 3.42. The fourth-order valence-electron chi connectivity index (χ4n) is 2.04. The molecule has 6 nitrogen and oxygen atoms in total. The highest BCUT2D eigenvalue weighted by Crippen LogP contribution is 2.18. The molecule has 5 N–H and O–H groups in total. The van der Waals surface area contributed by atoms with E-state index in [1.54, 1.807) is 12.1 Å². The molecule has 6 heteroatoms. The molecular weight excluding hydrogens is 268 g/mol. The van der Waals surface area contributed by atoms with Gasteiger partial charge in [-0.05, 0) is 37.5 Å². The van der Waals surface area contributed by atoms with Gasteiger partial charge in [0.25, 0.3) is 0 Å². The van der Waals surface area contributed by atoms with Crippen molar-refractivity contribution in [3.8, 4) is 0 Å². The van der Waals surface area contributed by atoms with Crippen LogP contribution in [0.1, 0.15) is 37.8 Å². The fraction of sp³-hybridized carbons (Fsp3) is 0.467. The molecule has 1 aliphatic carbocycles. The lowest BCUT2D eigenvalue weighted by molar-refractivity contribution is -0.121. The molecule has 1 saturated carbocycles. The van der Waals surface area contributed by atoms with E-state index in [1.165, 1.54) is 0 Å². The number of primary amides is 1. The lowest BCUT2D eigenvalue weighted by Gasteiger charge is -2.14. The van der Waals surface area contributed by atoms with Gasteiger partial charge in [0.15, 0.2) is 0 Å². The van der Waals surface area contributed by atoms with Crippen LogP contribution in [0.15, 0.2) is 24.3 Å². The Labute approximate surface area is 124 Å². The van der Waals surface area contributed by atoms with Crippen LogP contribution in [-0.2, 0) is 4.79 Å². The number of urea groups is 1. The van der Waals surface area contributed by atoms with E-state index in [0.29, 0.717) is 24.7 Å². The zero-order chi connectivity index (χ0) is 15.2. The van der Waals surface area contributed by atoms with Crippen molar-refractivity contribution < 1.29 is 9.59 Å². The Balaban J connectivity index is 1.72. The number of rotatable bonds is 7. The maximum atomic E-state index is 11.6. The van der Waals surface area contributed by atoms with Crippen LogP contribution in [0.2, 0.25) is 0 Å². The molecule has 0 radical (unpaired) electrons. The van der Waals surface area contributed by atoms with E-state index in [9.17, 15) is 9.59 Å². The molecule has 0 bridgehead atoms. The molecule has 1 atom stereocenters. The molecule has 0 aliphatic heterocycles. The first-order valence-corrected chi connectivity index (χ1v) is 7.24. The van der Waals surface area contributed by atoms with Crippen LogP contribution >= 0.6 is 0 Å². The zero-order valence-corrected chi connectivity index (χ0v) is 12.2. The van der Waals surface area contributed by atoms with Crippen LogP contribution in [0, 0.1) is 0 Å². The summed E-state index contributed by atoms with van der Waals surface area (Å²) in [4.78, 5) is 22.3. The van der Waals surface area contributed by atoms with Gasteiger partial charge in [-0.25, -0.2) is 4.79 Å². The van der Waals surface area contributed by atoms with Crippen molar-refractivity contribution in [2.75, 3.05) is 11.9 Å². The molecule has 21 heavy (non-hydrogen) atoms. The molecule has 1 aromatic rings. The number of anilines is 1. The summed E-state index contributed by atoms with van der Waals surface area (Å²) in [5.41, 5.74) is 6.81. The second kappa shape index (κ2) is 7.08.